The van der Waals surface area contributed by atoms with Gasteiger partial charge in [0.2, 0.25) is 11.8 Å². The number of amides is 2. The molecule has 0 spiro atoms. The Bertz CT molecular complexity index is 489. The predicted molar refractivity (Wildman–Crippen MR) is 89.3 cm³/mol. The van der Waals surface area contributed by atoms with E-state index in [1.54, 1.807) is 4.90 Å². The molecule has 116 valence electrons. The summed E-state index contributed by atoms with van der Waals surface area (Å²) in [6.07, 6.45) is 1.27. The molecule has 0 radical (unpaired) electrons. The van der Waals surface area contributed by atoms with Crippen LogP contribution in [0.1, 0.15) is 33.6 Å². The van der Waals surface area contributed by atoms with E-state index in [1.165, 1.54) is 6.92 Å². The predicted octanol–water partition coefficient (Wildman–Crippen LogP) is 3.35. The Morgan fingerprint density at radius 1 is 1.29 bits per heavy atom. The summed E-state index contributed by atoms with van der Waals surface area (Å²) in [6.45, 7) is 6.82. The highest BCUT2D eigenvalue weighted by molar-refractivity contribution is 9.10. The largest absolute Gasteiger partial charge is 0.356 e. The van der Waals surface area contributed by atoms with Crippen molar-refractivity contribution in [3.05, 3.63) is 28.7 Å². The van der Waals surface area contributed by atoms with E-state index in [-0.39, 0.29) is 11.8 Å². The molecule has 0 aromatic heterocycles. The van der Waals surface area contributed by atoms with Gasteiger partial charge in [-0.05, 0) is 40.4 Å². The lowest BCUT2D eigenvalue weighted by atomic mass is 10.1. The smallest absolute Gasteiger partial charge is 0.223 e. The minimum Gasteiger partial charge on any atom is -0.356 e. The third kappa shape index (κ3) is 6.29. The van der Waals surface area contributed by atoms with Gasteiger partial charge >= 0.3 is 0 Å². The van der Waals surface area contributed by atoms with Gasteiger partial charge in [-0.2, -0.15) is 0 Å². The van der Waals surface area contributed by atoms with Crippen molar-refractivity contribution < 1.29 is 9.59 Å². The van der Waals surface area contributed by atoms with Crippen LogP contribution in [0.15, 0.2) is 28.7 Å². The van der Waals surface area contributed by atoms with Gasteiger partial charge in [-0.3, -0.25) is 9.59 Å². The summed E-state index contributed by atoms with van der Waals surface area (Å²) >= 11 is 3.44. The zero-order valence-corrected chi connectivity index (χ0v) is 14.4. The number of hydrogen-bond acceptors (Lipinski definition) is 2. The van der Waals surface area contributed by atoms with Gasteiger partial charge in [0.05, 0.1) is 5.69 Å². The van der Waals surface area contributed by atoms with Crippen molar-refractivity contribution in [1.29, 1.82) is 0 Å². The summed E-state index contributed by atoms with van der Waals surface area (Å²) in [4.78, 5) is 25.2. The molecule has 0 atom stereocenters. The van der Waals surface area contributed by atoms with Crippen molar-refractivity contribution in [3.8, 4) is 0 Å². The van der Waals surface area contributed by atoms with Crippen LogP contribution in [0.3, 0.4) is 0 Å². The van der Waals surface area contributed by atoms with Crippen LogP contribution in [-0.4, -0.2) is 24.9 Å². The van der Waals surface area contributed by atoms with E-state index in [0.29, 0.717) is 25.4 Å². The van der Waals surface area contributed by atoms with Crippen molar-refractivity contribution in [1.82, 2.24) is 5.32 Å². The fraction of sp³-hybridized carbons (Fsp3) is 0.500. The van der Waals surface area contributed by atoms with Gasteiger partial charge in [0.1, 0.15) is 0 Å². The molecule has 1 aromatic carbocycles. The molecule has 0 bridgehead atoms. The van der Waals surface area contributed by atoms with Gasteiger partial charge in [0.15, 0.2) is 0 Å². The van der Waals surface area contributed by atoms with Crippen LogP contribution < -0.4 is 10.2 Å². The number of carbonyl (C=O) groups is 2. The Kier molecular flexibility index (Phi) is 7.43. The maximum absolute atomic E-state index is 11.8. The topological polar surface area (TPSA) is 49.4 Å². The molecule has 4 nitrogen and oxygen atoms in total. The number of benzene rings is 1. The number of nitrogens with zero attached hydrogens (tertiary/aromatic N) is 1. The number of halogens is 1. The minimum absolute atomic E-state index is 0.0195. The maximum atomic E-state index is 11.8. The van der Waals surface area contributed by atoms with Crippen LogP contribution in [0.25, 0.3) is 0 Å². The van der Waals surface area contributed by atoms with E-state index < -0.39 is 0 Å². The van der Waals surface area contributed by atoms with Crippen LogP contribution >= 0.6 is 15.9 Å². The van der Waals surface area contributed by atoms with Crippen molar-refractivity contribution in [2.45, 2.75) is 33.6 Å². The number of nitrogens with one attached hydrogen (secondary N) is 1. The zero-order chi connectivity index (χ0) is 15.8. The van der Waals surface area contributed by atoms with Crippen molar-refractivity contribution in [3.63, 3.8) is 0 Å². The van der Waals surface area contributed by atoms with Crippen molar-refractivity contribution in [2.24, 2.45) is 5.92 Å². The highest BCUT2D eigenvalue weighted by Crippen LogP contribution is 2.25. The molecule has 0 heterocycles. The van der Waals surface area contributed by atoms with Crippen LogP contribution in [0.2, 0.25) is 0 Å². The molecule has 21 heavy (non-hydrogen) atoms. The number of para-hydroxylation sites is 1. The lowest BCUT2D eigenvalue weighted by molar-refractivity contribution is -0.121. The highest BCUT2D eigenvalue weighted by Gasteiger charge is 2.15. The second-order valence-corrected chi connectivity index (χ2v) is 6.26. The molecular weight excluding hydrogens is 332 g/mol. The molecule has 1 rings (SSSR count). The molecule has 0 unspecified atom stereocenters. The summed E-state index contributed by atoms with van der Waals surface area (Å²) in [5.74, 6) is 0.477. The van der Waals surface area contributed by atoms with Gasteiger partial charge in [0, 0.05) is 30.9 Å². The summed E-state index contributed by atoms with van der Waals surface area (Å²) in [5.41, 5.74) is 0.792. The minimum atomic E-state index is -0.0723. The van der Waals surface area contributed by atoms with E-state index in [1.807, 2.05) is 24.3 Å². The standard InChI is InChI=1S/C16H23BrN2O2/c1-12(2)8-10-18-16(21)9-11-19(13(3)20)15-7-5-4-6-14(15)17/h4-7,12H,8-11H2,1-3H3,(H,18,21). The second kappa shape index (κ2) is 8.82. The molecule has 1 N–H and O–H groups in total. The van der Waals surface area contributed by atoms with E-state index >= 15 is 0 Å². The first-order valence-electron chi connectivity index (χ1n) is 7.21. The number of anilines is 1. The van der Waals surface area contributed by atoms with E-state index in [4.69, 9.17) is 0 Å². The SMILES string of the molecule is CC(=O)N(CCC(=O)NCCC(C)C)c1ccccc1Br. The molecule has 0 aliphatic rings. The number of carbonyl (C=O) groups excluding carboxylic acids is 2. The lowest BCUT2D eigenvalue weighted by Crippen LogP contribution is -2.34. The van der Waals surface area contributed by atoms with Crippen LogP contribution in [0.5, 0.6) is 0 Å². The fourth-order valence-electron chi connectivity index (χ4n) is 1.92. The van der Waals surface area contributed by atoms with Gasteiger partial charge in [-0.25, -0.2) is 0 Å². The first kappa shape index (κ1) is 17.7. The van der Waals surface area contributed by atoms with Gasteiger partial charge in [-0.1, -0.05) is 26.0 Å². The summed E-state index contributed by atoms with van der Waals surface area (Å²) in [5, 5.41) is 2.89. The molecular formula is C16H23BrN2O2. The molecule has 0 fully saturated rings. The Morgan fingerprint density at radius 2 is 1.95 bits per heavy atom. The molecule has 2 amide bonds. The Hall–Kier alpha value is -1.36. The summed E-state index contributed by atoms with van der Waals surface area (Å²) in [6, 6.07) is 7.51. The Labute approximate surface area is 135 Å². The van der Waals surface area contributed by atoms with Crippen LogP contribution in [-0.2, 0) is 9.59 Å². The fourth-order valence-corrected chi connectivity index (χ4v) is 2.42. The second-order valence-electron chi connectivity index (χ2n) is 5.40. The maximum Gasteiger partial charge on any atom is 0.223 e. The lowest BCUT2D eigenvalue weighted by Gasteiger charge is -2.22. The number of hydrogen-bond donors (Lipinski definition) is 1. The molecule has 0 saturated carbocycles. The van der Waals surface area contributed by atoms with Crippen LogP contribution in [0.4, 0.5) is 5.69 Å². The molecule has 1 aromatic rings. The van der Waals surface area contributed by atoms with Crippen molar-refractivity contribution in [2.75, 3.05) is 18.0 Å². The summed E-state index contributed by atoms with van der Waals surface area (Å²) < 4.78 is 0.848. The quantitative estimate of drug-likeness (QED) is 0.815. The third-order valence-electron chi connectivity index (χ3n) is 3.13. The van der Waals surface area contributed by atoms with Gasteiger partial charge in [-0.15, -0.1) is 0 Å². The molecule has 0 aliphatic heterocycles. The molecule has 5 heteroatoms. The monoisotopic (exact) mass is 354 g/mol. The normalized spacial score (nSPS) is 10.5. The third-order valence-corrected chi connectivity index (χ3v) is 3.80. The van der Waals surface area contributed by atoms with E-state index in [0.717, 1.165) is 16.6 Å². The average molecular weight is 355 g/mol. The first-order valence-corrected chi connectivity index (χ1v) is 8.00. The van der Waals surface area contributed by atoms with Crippen molar-refractivity contribution >= 4 is 33.4 Å². The van der Waals surface area contributed by atoms with E-state index in [9.17, 15) is 9.59 Å². The molecule has 0 aliphatic carbocycles. The average Bonchev–Trinajstić information content (AvgIpc) is 2.40. The summed E-state index contributed by atoms with van der Waals surface area (Å²) in [7, 11) is 0. The van der Waals surface area contributed by atoms with Gasteiger partial charge in [0.25, 0.3) is 0 Å². The number of rotatable bonds is 7. The molecule has 0 saturated heterocycles. The Morgan fingerprint density at radius 3 is 2.52 bits per heavy atom. The van der Waals surface area contributed by atoms with E-state index in [2.05, 4.69) is 35.1 Å². The highest BCUT2D eigenvalue weighted by atomic mass is 79.9. The zero-order valence-electron chi connectivity index (χ0n) is 12.9. The van der Waals surface area contributed by atoms with Gasteiger partial charge < -0.3 is 10.2 Å². The Balaban J connectivity index is 2.55. The first-order chi connectivity index (χ1) is 9.91. The van der Waals surface area contributed by atoms with Crippen LogP contribution in [0, 0.1) is 5.92 Å².